The van der Waals surface area contributed by atoms with Gasteiger partial charge in [-0.05, 0) is 55.4 Å². The second kappa shape index (κ2) is 4.45. The molecule has 2 fully saturated rings. The summed E-state index contributed by atoms with van der Waals surface area (Å²) in [5, 5.41) is 3.60. The van der Waals surface area contributed by atoms with Crippen molar-refractivity contribution in [1.82, 2.24) is 5.32 Å². The highest BCUT2D eigenvalue weighted by Crippen LogP contribution is 2.61. The molecule has 2 aliphatic carbocycles. The molecule has 0 bridgehead atoms. The molecular weight excluding hydrogens is 182 g/mol. The number of rotatable bonds is 6. The molecule has 2 atom stereocenters. The third-order valence-corrected chi connectivity index (χ3v) is 4.46. The van der Waals surface area contributed by atoms with Gasteiger partial charge in [0.25, 0.3) is 0 Å². The van der Waals surface area contributed by atoms with E-state index in [1.54, 1.807) is 6.42 Å². The van der Waals surface area contributed by atoms with E-state index in [1.165, 1.54) is 32.2 Å². The van der Waals surface area contributed by atoms with Gasteiger partial charge >= 0.3 is 0 Å². The van der Waals surface area contributed by atoms with Crippen molar-refractivity contribution in [3.63, 3.8) is 0 Å². The van der Waals surface area contributed by atoms with Crippen molar-refractivity contribution in [2.24, 2.45) is 23.2 Å². The molecule has 88 valence electrons. The highest BCUT2D eigenvalue weighted by atomic mass is 14.9. The Kier molecular flexibility index (Phi) is 3.39. The average molecular weight is 209 g/mol. The molecule has 2 saturated carbocycles. The number of hydrogen-bond acceptors (Lipinski definition) is 1. The molecule has 0 spiro atoms. The summed E-state index contributed by atoms with van der Waals surface area (Å²) in [7, 11) is 0. The van der Waals surface area contributed by atoms with E-state index in [0.717, 1.165) is 24.3 Å². The second-order valence-corrected chi connectivity index (χ2v) is 6.38. The number of hydrogen-bond donors (Lipinski definition) is 1. The van der Waals surface area contributed by atoms with Crippen LogP contribution in [0.3, 0.4) is 0 Å². The molecule has 1 heteroatoms. The molecule has 0 amide bonds. The van der Waals surface area contributed by atoms with Crippen molar-refractivity contribution in [1.29, 1.82) is 0 Å². The second-order valence-electron chi connectivity index (χ2n) is 6.38. The Labute approximate surface area is 95.0 Å². The van der Waals surface area contributed by atoms with E-state index in [1.807, 2.05) is 0 Å². The van der Waals surface area contributed by atoms with Crippen LogP contribution in [0, 0.1) is 23.2 Å². The summed E-state index contributed by atoms with van der Waals surface area (Å²) in [4.78, 5) is 0. The molecule has 0 aromatic heterocycles. The van der Waals surface area contributed by atoms with Crippen LogP contribution < -0.4 is 5.32 Å². The minimum Gasteiger partial charge on any atom is -0.316 e. The van der Waals surface area contributed by atoms with Crippen LogP contribution >= 0.6 is 0 Å². The Balaban J connectivity index is 1.84. The maximum Gasteiger partial charge on any atom is 0.000790 e. The van der Waals surface area contributed by atoms with Crippen LogP contribution in [0.2, 0.25) is 0 Å². The predicted octanol–water partition coefficient (Wildman–Crippen LogP) is 3.45. The Morgan fingerprint density at radius 3 is 2.47 bits per heavy atom. The standard InChI is InChI=1S/C14H27N/c1-4-15-10-14(6-5-11(2)3)8-12-7-13(12)9-14/h11-13,15H,4-10H2,1-3H3. The molecule has 1 nitrogen and oxygen atoms in total. The van der Waals surface area contributed by atoms with Crippen LogP contribution in [0.15, 0.2) is 0 Å². The van der Waals surface area contributed by atoms with Gasteiger partial charge in [-0.1, -0.05) is 27.2 Å². The Hall–Kier alpha value is -0.0400. The van der Waals surface area contributed by atoms with Gasteiger partial charge in [0.2, 0.25) is 0 Å². The van der Waals surface area contributed by atoms with Crippen molar-refractivity contribution in [2.45, 2.75) is 52.9 Å². The maximum atomic E-state index is 3.60. The lowest BCUT2D eigenvalue weighted by Crippen LogP contribution is -2.33. The maximum absolute atomic E-state index is 3.60. The van der Waals surface area contributed by atoms with E-state index in [0.29, 0.717) is 5.41 Å². The molecule has 0 saturated heterocycles. The topological polar surface area (TPSA) is 12.0 Å². The van der Waals surface area contributed by atoms with Crippen LogP contribution in [0.5, 0.6) is 0 Å². The number of fused-ring (bicyclic) bond motifs is 1. The first-order chi connectivity index (χ1) is 7.15. The Bertz CT molecular complexity index is 199. The molecule has 0 aliphatic heterocycles. The van der Waals surface area contributed by atoms with Crippen molar-refractivity contribution in [3.05, 3.63) is 0 Å². The normalized spacial score (nSPS) is 38.4. The van der Waals surface area contributed by atoms with Gasteiger partial charge in [-0.15, -0.1) is 0 Å². The third-order valence-electron chi connectivity index (χ3n) is 4.46. The van der Waals surface area contributed by atoms with Crippen LogP contribution in [-0.2, 0) is 0 Å². The van der Waals surface area contributed by atoms with Crippen LogP contribution in [-0.4, -0.2) is 13.1 Å². The summed E-state index contributed by atoms with van der Waals surface area (Å²) >= 11 is 0. The van der Waals surface area contributed by atoms with Crippen LogP contribution in [0.25, 0.3) is 0 Å². The van der Waals surface area contributed by atoms with Gasteiger partial charge in [0.05, 0.1) is 0 Å². The van der Waals surface area contributed by atoms with Gasteiger partial charge < -0.3 is 5.32 Å². The Morgan fingerprint density at radius 1 is 1.27 bits per heavy atom. The molecule has 0 aromatic carbocycles. The van der Waals surface area contributed by atoms with E-state index in [2.05, 4.69) is 26.1 Å². The Morgan fingerprint density at radius 2 is 1.93 bits per heavy atom. The first kappa shape index (κ1) is 11.4. The molecule has 2 aliphatic rings. The first-order valence-electron chi connectivity index (χ1n) is 6.86. The summed E-state index contributed by atoms with van der Waals surface area (Å²) < 4.78 is 0. The molecule has 1 N–H and O–H groups in total. The highest BCUT2D eigenvalue weighted by molar-refractivity contribution is 5.04. The average Bonchev–Trinajstić information content (AvgIpc) is 2.82. The zero-order chi connectivity index (χ0) is 10.9. The van der Waals surface area contributed by atoms with E-state index in [9.17, 15) is 0 Å². The number of nitrogens with one attached hydrogen (secondary N) is 1. The van der Waals surface area contributed by atoms with E-state index in [4.69, 9.17) is 0 Å². The van der Waals surface area contributed by atoms with Gasteiger partial charge in [-0.3, -0.25) is 0 Å². The molecule has 15 heavy (non-hydrogen) atoms. The smallest absolute Gasteiger partial charge is 0.000790 e. The summed E-state index contributed by atoms with van der Waals surface area (Å²) in [6, 6.07) is 0. The molecule has 2 rings (SSSR count). The van der Waals surface area contributed by atoms with E-state index in [-0.39, 0.29) is 0 Å². The predicted molar refractivity (Wildman–Crippen MR) is 65.9 cm³/mol. The largest absolute Gasteiger partial charge is 0.316 e. The zero-order valence-electron chi connectivity index (χ0n) is 10.7. The quantitative estimate of drug-likeness (QED) is 0.706. The lowest BCUT2D eigenvalue weighted by Gasteiger charge is -2.32. The fourth-order valence-electron chi connectivity index (χ4n) is 3.43. The van der Waals surface area contributed by atoms with Gasteiger partial charge in [-0.25, -0.2) is 0 Å². The molecule has 0 heterocycles. The minimum atomic E-state index is 0.688. The lowest BCUT2D eigenvalue weighted by molar-refractivity contribution is 0.215. The first-order valence-corrected chi connectivity index (χ1v) is 6.86. The zero-order valence-corrected chi connectivity index (χ0v) is 10.7. The molecular formula is C14H27N. The fourth-order valence-corrected chi connectivity index (χ4v) is 3.43. The SMILES string of the molecule is CCNCC1(CCC(C)C)CC2CC2C1. The summed E-state index contributed by atoms with van der Waals surface area (Å²) in [6.07, 6.45) is 7.49. The molecule has 0 radical (unpaired) electrons. The van der Waals surface area contributed by atoms with Gasteiger partial charge in [0, 0.05) is 6.54 Å². The summed E-state index contributed by atoms with van der Waals surface area (Å²) in [5.41, 5.74) is 0.688. The van der Waals surface area contributed by atoms with Crippen molar-refractivity contribution in [3.8, 4) is 0 Å². The van der Waals surface area contributed by atoms with E-state index < -0.39 is 0 Å². The minimum absolute atomic E-state index is 0.688. The van der Waals surface area contributed by atoms with Crippen LogP contribution in [0.4, 0.5) is 0 Å². The van der Waals surface area contributed by atoms with Gasteiger partial charge in [0.1, 0.15) is 0 Å². The van der Waals surface area contributed by atoms with E-state index >= 15 is 0 Å². The van der Waals surface area contributed by atoms with Crippen molar-refractivity contribution < 1.29 is 0 Å². The van der Waals surface area contributed by atoms with Gasteiger partial charge in [-0.2, -0.15) is 0 Å². The summed E-state index contributed by atoms with van der Waals surface area (Å²) in [5.74, 6) is 3.12. The lowest BCUT2D eigenvalue weighted by atomic mass is 9.77. The van der Waals surface area contributed by atoms with Crippen molar-refractivity contribution in [2.75, 3.05) is 13.1 Å². The van der Waals surface area contributed by atoms with Gasteiger partial charge in [0.15, 0.2) is 0 Å². The monoisotopic (exact) mass is 209 g/mol. The van der Waals surface area contributed by atoms with Crippen molar-refractivity contribution >= 4 is 0 Å². The van der Waals surface area contributed by atoms with Crippen LogP contribution in [0.1, 0.15) is 52.9 Å². The molecule has 2 unspecified atom stereocenters. The fraction of sp³-hybridized carbons (Fsp3) is 1.00. The third kappa shape index (κ3) is 2.75. The summed E-state index contributed by atoms with van der Waals surface area (Å²) in [6.45, 7) is 9.36. The molecule has 0 aromatic rings. The highest BCUT2D eigenvalue weighted by Gasteiger charge is 2.52.